The maximum Gasteiger partial charge on any atom is 0.244 e. The van der Waals surface area contributed by atoms with Crippen molar-refractivity contribution in [1.82, 2.24) is 19.3 Å². The number of fused-ring (bicyclic) bond motifs is 1. The van der Waals surface area contributed by atoms with Gasteiger partial charge in [0, 0.05) is 11.9 Å². The maximum atomic E-state index is 13.9. The summed E-state index contributed by atoms with van der Waals surface area (Å²) in [5.74, 6) is 0.0495. The van der Waals surface area contributed by atoms with Gasteiger partial charge in [-0.3, -0.25) is 0 Å². The molecule has 0 unspecified atom stereocenters. The van der Waals surface area contributed by atoms with Gasteiger partial charge in [0.15, 0.2) is 5.82 Å². The van der Waals surface area contributed by atoms with Crippen LogP contribution in [0.2, 0.25) is 0 Å². The Kier molecular flexibility index (Phi) is 5.68. The molecule has 0 spiro atoms. The lowest BCUT2D eigenvalue weighted by Gasteiger charge is -2.12. The van der Waals surface area contributed by atoms with Crippen LogP contribution in [-0.4, -0.2) is 42.3 Å². The van der Waals surface area contributed by atoms with E-state index < -0.39 is 35.2 Å². The summed E-state index contributed by atoms with van der Waals surface area (Å²) in [4.78, 5) is 7.85. The molecule has 0 atom stereocenters. The first kappa shape index (κ1) is 21.3. The Labute approximate surface area is 176 Å². The molecule has 0 aliphatic heterocycles. The molecule has 0 bridgehead atoms. The van der Waals surface area contributed by atoms with E-state index in [2.05, 4.69) is 16.0 Å². The van der Waals surface area contributed by atoms with Gasteiger partial charge >= 0.3 is 0 Å². The summed E-state index contributed by atoms with van der Waals surface area (Å²) in [7, 11) is -4.22. The Morgan fingerprint density at radius 2 is 1.90 bits per heavy atom. The third-order valence-corrected chi connectivity index (χ3v) is 6.60. The van der Waals surface area contributed by atoms with Crippen LogP contribution in [0.25, 0.3) is 22.4 Å². The number of aromatic nitrogens is 3. The highest BCUT2D eigenvalue weighted by molar-refractivity contribution is 7.89. The van der Waals surface area contributed by atoms with E-state index in [0.717, 1.165) is 25.2 Å². The number of halogens is 3. The predicted molar refractivity (Wildman–Crippen MR) is 106 cm³/mol. The van der Waals surface area contributed by atoms with Crippen molar-refractivity contribution < 1.29 is 21.6 Å². The van der Waals surface area contributed by atoms with Crippen LogP contribution in [0.15, 0.2) is 35.5 Å². The third kappa shape index (κ3) is 4.13. The molecule has 31 heavy (non-hydrogen) atoms. The number of nitrogens with one attached hydrogen (secondary N) is 1. The average molecular weight is 449 g/mol. The SMILES string of the molecule is N#Cc1c(-c2ncc(S(=O)(=O)NC(CF)CF)cn2)n(CC2CC2)c2cc(F)ccc12. The summed E-state index contributed by atoms with van der Waals surface area (Å²) in [6.07, 6.45) is 4.06. The molecule has 0 radical (unpaired) electrons. The van der Waals surface area contributed by atoms with E-state index in [0.29, 0.717) is 29.1 Å². The van der Waals surface area contributed by atoms with Gasteiger partial charge in [0.1, 0.15) is 35.8 Å². The molecule has 1 N–H and O–H groups in total. The van der Waals surface area contributed by atoms with Crippen molar-refractivity contribution >= 4 is 20.9 Å². The smallest absolute Gasteiger partial charge is 0.244 e. The van der Waals surface area contributed by atoms with Crippen molar-refractivity contribution in [2.75, 3.05) is 13.3 Å². The first-order valence-electron chi connectivity index (χ1n) is 9.56. The van der Waals surface area contributed by atoms with Crippen LogP contribution < -0.4 is 4.72 Å². The van der Waals surface area contributed by atoms with E-state index in [9.17, 15) is 26.9 Å². The summed E-state index contributed by atoms with van der Waals surface area (Å²) >= 11 is 0. The molecule has 162 valence electrons. The minimum absolute atomic E-state index is 0.0975. The maximum absolute atomic E-state index is 13.9. The Balaban J connectivity index is 1.79. The quantitative estimate of drug-likeness (QED) is 0.570. The van der Waals surface area contributed by atoms with Gasteiger partial charge in [-0.2, -0.15) is 5.26 Å². The molecule has 2 heterocycles. The van der Waals surface area contributed by atoms with Crippen LogP contribution in [0.1, 0.15) is 18.4 Å². The topological polar surface area (TPSA) is 101 Å². The monoisotopic (exact) mass is 449 g/mol. The molecule has 0 saturated heterocycles. The van der Waals surface area contributed by atoms with E-state index in [1.807, 2.05) is 4.72 Å². The highest BCUT2D eigenvalue weighted by atomic mass is 32.2. The minimum atomic E-state index is -4.22. The summed E-state index contributed by atoms with van der Waals surface area (Å²) in [6.45, 7) is -1.84. The third-order valence-electron chi connectivity index (χ3n) is 5.12. The standard InChI is InChI=1S/C20H18F3N5O2S/c21-6-14(7-22)27-31(29,30)15-9-25-20(26-10-15)19-17(8-24)16-4-3-13(23)5-18(16)28(19)11-12-1-2-12/h3-5,9-10,12,14,27H,1-2,6-7,11H2. The lowest BCUT2D eigenvalue weighted by atomic mass is 10.1. The van der Waals surface area contributed by atoms with Gasteiger partial charge in [-0.25, -0.2) is 36.3 Å². The average Bonchev–Trinajstić information content (AvgIpc) is 3.54. The van der Waals surface area contributed by atoms with Crippen molar-refractivity contribution in [1.29, 1.82) is 5.26 Å². The molecular weight excluding hydrogens is 431 g/mol. The van der Waals surface area contributed by atoms with Crippen LogP contribution in [0.4, 0.5) is 13.2 Å². The molecule has 4 rings (SSSR count). The Morgan fingerprint density at radius 3 is 2.48 bits per heavy atom. The first-order chi connectivity index (χ1) is 14.9. The van der Waals surface area contributed by atoms with Crippen LogP contribution in [0, 0.1) is 23.1 Å². The number of hydrogen-bond acceptors (Lipinski definition) is 5. The molecule has 3 aromatic rings. The second kappa shape index (κ2) is 8.28. The lowest BCUT2D eigenvalue weighted by molar-refractivity contribution is 0.334. The molecule has 1 aliphatic carbocycles. The van der Waals surface area contributed by atoms with E-state index in [-0.39, 0.29) is 16.3 Å². The fraction of sp³-hybridized carbons (Fsp3) is 0.350. The molecule has 1 aromatic carbocycles. The van der Waals surface area contributed by atoms with Gasteiger partial charge in [-0.15, -0.1) is 0 Å². The molecule has 0 amide bonds. The second-order valence-electron chi connectivity index (χ2n) is 7.42. The zero-order chi connectivity index (χ0) is 22.2. The summed E-state index contributed by atoms with van der Waals surface area (Å²) in [5.41, 5.74) is 1.17. The Morgan fingerprint density at radius 1 is 1.23 bits per heavy atom. The Hall–Kier alpha value is -2.97. The van der Waals surface area contributed by atoms with Crippen molar-refractivity contribution in [3.63, 3.8) is 0 Å². The normalized spacial score (nSPS) is 14.3. The first-order valence-corrected chi connectivity index (χ1v) is 11.0. The number of rotatable bonds is 8. The highest BCUT2D eigenvalue weighted by Gasteiger charge is 2.28. The minimum Gasteiger partial charge on any atom is -0.336 e. The molecule has 1 fully saturated rings. The Bertz CT molecular complexity index is 1260. The van der Waals surface area contributed by atoms with Crippen molar-refractivity contribution in [2.24, 2.45) is 5.92 Å². The highest BCUT2D eigenvalue weighted by Crippen LogP contribution is 2.37. The van der Waals surface area contributed by atoms with Crippen LogP contribution in [-0.2, 0) is 16.6 Å². The fourth-order valence-corrected chi connectivity index (χ4v) is 4.47. The molecule has 11 heteroatoms. The van der Waals surface area contributed by atoms with E-state index in [4.69, 9.17) is 0 Å². The number of nitrogens with zero attached hydrogens (tertiary/aromatic N) is 4. The molecule has 1 saturated carbocycles. The van der Waals surface area contributed by atoms with Crippen molar-refractivity contribution in [2.45, 2.75) is 30.3 Å². The van der Waals surface area contributed by atoms with Crippen molar-refractivity contribution in [3.8, 4) is 17.6 Å². The van der Waals surface area contributed by atoms with Crippen LogP contribution >= 0.6 is 0 Å². The molecule has 2 aromatic heterocycles. The molecule has 1 aliphatic rings. The van der Waals surface area contributed by atoms with E-state index in [1.165, 1.54) is 18.2 Å². The second-order valence-corrected chi connectivity index (χ2v) is 9.13. The summed E-state index contributed by atoms with van der Waals surface area (Å²) in [5, 5.41) is 10.3. The number of benzene rings is 1. The van der Waals surface area contributed by atoms with E-state index >= 15 is 0 Å². The predicted octanol–water partition coefficient (Wildman–Crippen LogP) is 3.10. The van der Waals surface area contributed by atoms with Gasteiger partial charge in [-0.1, -0.05) is 0 Å². The summed E-state index contributed by atoms with van der Waals surface area (Å²) in [6, 6.07) is 4.76. The van der Waals surface area contributed by atoms with Gasteiger partial charge < -0.3 is 4.57 Å². The van der Waals surface area contributed by atoms with E-state index in [1.54, 1.807) is 4.57 Å². The van der Waals surface area contributed by atoms with Crippen LogP contribution in [0.3, 0.4) is 0 Å². The number of alkyl halides is 2. The van der Waals surface area contributed by atoms with Gasteiger partial charge in [-0.05, 0) is 37.0 Å². The number of sulfonamides is 1. The lowest BCUT2D eigenvalue weighted by Crippen LogP contribution is -2.38. The zero-order valence-corrected chi connectivity index (χ0v) is 17.0. The largest absolute Gasteiger partial charge is 0.336 e. The number of hydrogen-bond donors (Lipinski definition) is 1. The summed E-state index contributed by atoms with van der Waals surface area (Å²) < 4.78 is 67.6. The van der Waals surface area contributed by atoms with Gasteiger partial charge in [0.25, 0.3) is 0 Å². The van der Waals surface area contributed by atoms with Gasteiger partial charge in [0.2, 0.25) is 10.0 Å². The molecular formula is C20H18F3N5O2S. The van der Waals surface area contributed by atoms with Crippen LogP contribution in [0.5, 0.6) is 0 Å². The fourth-order valence-electron chi connectivity index (χ4n) is 3.39. The molecule has 7 nitrogen and oxygen atoms in total. The number of nitriles is 1. The zero-order valence-electron chi connectivity index (χ0n) is 16.2. The van der Waals surface area contributed by atoms with Crippen molar-refractivity contribution in [3.05, 3.63) is 42.0 Å². The van der Waals surface area contributed by atoms with Gasteiger partial charge in [0.05, 0.1) is 29.5 Å².